The SMILES string of the molecule is CS(=O)c1ncc(Cc2c[nH]c3ncc(Cl)cc23)cn1. The van der Waals surface area contributed by atoms with Crippen LogP contribution in [0.15, 0.2) is 36.0 Å². The highest BCUT2D eigenvalue weighted by atomic mass is 35.5. The van der Waals surface area contributed by atoms with Gasteiger partial charge >= 0.3 is 0 Å². The largest absolute Gasteiger partial charge is 0.346 e. The van der Waals surface area contributed by atoms with Crippen molar-refractivity contribution in [3.05, 3.63) is 47.0 Å². The molecule has 0 aliphatic carbocycles. The predicted octanol–water partition coefficient (Wildman–Crippen LogP) is 2.33. The summed E-state index contributed by atoms with van der Waals surface area (Å²) in [5.74, 6) is 0. The highest BCUT2D eigenvalue weighted by Gasteiger charge is 2.08. The van der Waals surface area contributed by atoms with Crippen molar-refractivity contribution >= 4 is 33.4 Å². The smallest absolute Gasteiger partial charge is 0.218 e. The topological polar surface area (TPSA) is 71.5 Å². The Morgan fingerprint density at radius 1 is 1.25 bits per heavy atom. The molecule has 0 spiro atoms. The van der Waals surface area contributed by atoms with Gasteiger partial charge in [-0.1, -0.05) is 11.6 Å². The highest BCUT2D eigenvalue weighted by molar-refractivity contribution is 7.84. The van der Waals surface area contributed by atoms with Crippen LogP contribution >= 0.6 is 11.6 Å². The highest BCUT2D eigenvalue weighted by Crippen LogP contribution is 2.22. The Balaban J connectivity index is 1.92. The second kappa shape index (κ2) is 5.30. The minimum Gasteiger partial charge on any atom is -0.346 e. The zero-order valence-electron chi connectivity index (χ0n) is 10.6. The van der Waals surface area contributed by atoms with Gasteiger partial charge in [0.05, 0.1) is 15.8 Å². The Kier molecular flexibility index (Phi) is 3.50. The van der Waals surface area contributed by atoms with E-state index in [-0.39, 0.29) is 0 Å². The quantitative estimate of drug-likeness (QED) is 0.754. The Bertz CT molecular complexity index is 785. The van der Waals surface area contributed by atoms with Gasteiger partial charge in [-0.25, -0.2) is 15.0 Å². The molecule has 7 heteroatoms. The summed E-state index contributed by atoms with van der Waals surface area (Å²) in [5, 5.41) is 1.93. The van der Waals surface area contributed by atoms with Gasteiger partial charge in [0.25, 0.3) is 0 Å². The van der Waals surface area contributed by atoms with E-state index in [1.165, 1.54) is 0 Å². The van der Waals surface area contributed by atoms with E-state index in [9.17, 15) is 4.21 Å². The van der Waals surface area contributed by atoms with Crippen LogP contribution in [0.5, 0.6) is 0 Å². The van der Waals surface area contributed by atoms with Gasteiger partial charge in [0.1, 0.15) is 5.65 Å². The molecule has 20 heavy (non-hydrogen) atoms. The first-order chi connectivity index (χ1) is 9.63. The van der Waals surface area contributed by atoms with Crippen molar-refractivity contribution in [3.8, 4) is 0 Å². The minimum atomic E-state index is -1.16. The van der Waals surface area contributed by atoms with Crippen LogP contribution in [0.4, 0.5) is 0 Å². The van der Waals surface area contributed by atoms with Crippen molar-refractivity contribution in [1.29, 1.82) is 0 Å². The molecule has 0 fully saturated rings. The fourth-order valence-electron chi connectivity index (χ4n) is 1.98. The molecular weight excluding hydrogens is 296 g/mol. The summed E-state index contributed by atoms with van der Waals surface area (Å²) < 4.78 is 11.2. The van der Waals surface area contributed by atoms with Crippen LogP contribution in [0.2, 0.25) is 5.02 Å². The molecule has 0 radical (unpaired) electrons. The minimum absolute atomic E-state index is 0.345. The van der Waals surface area contributed by atoms with Crippen molar-refractivity contribution in [2.75, 3.05) is 6.26 Å². The molecule has 5 nitrogen and oxygen atoms in total. The zero-order valence-corrected chi connectivity index (χ0v) is 12.2. The Morgan fingerprint density at radius 3 is 2.70 bits per heavy atom. The van der Waals surface area contributed by atoms with E-state index in [2.05, 4.69) is 19.9 Å². The Hall–Kier alpha value is -1.79. The molecule has 1 unspecified atom stereocenters. The molecule has 0 bridgehead atoms. The van der Waals surface area contributed by atoms with E-state index >= 15 is 0 Å². The van der Waals surface area contributed by atoms with E-state index < -0.39 is 10.8 Å². The van der Waals surface area contributed by atoms with Gasteiger partial charge in [0.15, 0.2) is 0 Å². The lowest BCUT2D eigenvalue weighted by Gasteiger charge is -2.01. The molecule has 1 N–H and O–H groups in total. The number of hydrogen-bond donors (Lipinski definition) is 1. The van der Waals surface area contributed by atoms with Crippen molar-refractivity contribution in [2.24, 2.45) is 0 Å². The zero-order chi connectivity index (χ0) is 14.1. The number of aromatic amines is 1. The average Bonchev–Trinajstić information content (AvgIpc) is 2.82. The van der Waals surface area contributed by atoms with Gasteiger partial charge in [0, 0.05) is 42.9 Å². The number of rotatable bonds is 3. The van der Waals surface area contributed by atoms with Gasteiger partial charge in [-0.3, -0.25) is 4.21 Å². The molecule has 0 amide bonds. The third-order valence-electron chi connectivity index (χ3n) is 2.92. The van der Waals surface area contributed by atoms with Gasteiger partial charge in [0.2, 0.25) is 5.16 Å². The Labute approximate surface area is 122 Å². The number of H-pyrrole nitrogens is 1. The maximum atomic E-state index is 11.2. The monoisotopic (exact) mass is 306 g/mol. The number of pyridine rings is 1. The fraction of sp³-hybridized carbons (Fsp3) is 0.154. The number of halogens is 1. The molecule has 3 aromatic rings. The first kappa shape index (κ1) is 13.2. The third-order valence-corrected chi connectivity index (χ3v) is 3.85. The van der Waals surface area contributed by atoms with Crippen LogP contribution in [0.3, 0.4) is 0 Å². The standard InChI is InChI=1S/C13H11ClN4OS/c1-20(19)13-17-4-8(5-18-13)2-9-6-15-12-11(9)3-10(14)7-16-12/h3-7H,2H2,1H3,(H,15,16). The van der Waals surface area contributed by atoms with Crippen molar-refractivity contribution in [1.82, 2.24) is 19.9 Å². The molecule has 0 aliphatic heterocycles. The first-order valence-electron chi connectivity index (χ1n) is 5.89. The summed E-state index contributed by atoms with van der Waals surface area (Å²) in [7, 11) is -1.16. The van der Waals surface area contributed by atoms with Crippen LogP contribution in [-0.4, -0.2) is 30.4 Å². The molecule has 0 aliphatic rings. The second-order valence-electron chi connectivity index (χ2n) is 4.37. The van der Waals surface area contributed by atoms with E-state index in [0.717, 1.165) is 22.2 Å². The number of hydrogen-bond acceptors (Lipinski definition) is 4. The predicted molar refractivity (Wildman–Crippen MR) is 78.3 cm³/mol. The normalized spacial score (nSPS) is 12.7. The summed E-state index contributed by atoms with van der Waals surface area (Å²) in [6, 6.07) is 1.88. The fourth-order valence-corrected chi connectivity index (χ4v) is 2.54. The summed E-state index contributed by atoms with van der Waals surface area (Å²) >= 11 is 5.97. The summed E-state index contributed by atoms with van der Waals surface area (Å²) in [6.45, 7) is 0. The molecule has 3 aromatic heterocycles. The van der Waals surface area contributed by atoms with Crippen LogP contribution in [0.1, 0.15) is 11.1 Å². The van der Waals surface area contributed by atoms with Gasteiger partial charge in [-0.15, -0.1) is 0 Å². The van der Waals surface area contributed by atoms with Crippen LogP contribution in [0, 0.1) is 0 Å². The number of nitrogens with zero attached hydrogens (tertiary/aromatic N) is 3. The molecule has 3 heterocycles. The lowest BCUT2D eigenvalue weighted by molar-refractivity contribution is 0.679. The van der Waals surface area contributed by atoms with Gasteiger partial charge in [-0.2, -0.15) is 0 Å². The van der Waals surface area contributed by atoms with E-state index in [1.54, 1.807) is 24.8 Å². The molecule has 0 saturated heterocycles. The van der Waals surface area contributed by atoms with Crippen molar-refractivity contribution < 1.29 is 4.21 Å². The van der Waals surface area contributed by atoms with Crippen LogP contribution < -0.4 is 0 Å². The number of fused-ring (bicyclic) bond motifs is 1. The van der Waals surface area contributed by atoms with E-state index in [1.807, 2.05) is 12.3 Å². The lowest BCUT2D eigenvalue weighted by atomic mass is 10.1. The summed E-state index contributed by atoms with van der Waals surface area (Å²) in [6.07, 6.45) is 9.13. The van der Waals surface area contributed by atoms with E-state index in [4.69, 9.17) is 11.6 Å². The molecule has 0 aromatic carbocycles. The first-order valence-corrected chi connectivity index (χ1v) is 7.83. The van der Waals surface area contributed by atoms with Crippen molar-refractivity contribution in [2.45, 2.75) is 11.6 Å². The molecule has 3 rings (SSSR count). The lowest BCUT2D eigenvalue weighted by Crippen LogP contribution is -1.98. The molecule has 0 saturated carbocycles. The van der Waals surface area contributed by atoms with E-state index in [0.29, 0.717) is 16.6 Å². The third kappa shape index (κ3) is 2.57. The van der Waals surface area contributed by atoms with Crippen LogP contribution in [-0.2, 0) is 17.2 Å². The van der Waals surface area contributed by atoms with Gasteiger partial charge < -0.3 is 4.98 Å². The van der Waals surface area contributed by atoms with Gasteiger partial charge in [-0.05, 0) is 17.2 Å². The number of aromatic nitrogens is 4. The van der Waals surface area contributed by atoms with Crippen molar-refractivity contribution in [3.63, 3.8) is 0 Å². The molecular formula is C13H11ClN4OS. The summed E-state index contributed by atoms with van der Waals surface area (Å²) in [4.78, 5) is 15.5. The van der Waals surface area contributed by atoms with Crippen LogP contribution in [0.25, 0.3) is 11.0 Å². The molecule has 102 valence electrons. The second-order valence-corrected chi connectivity index (χ2v) is 6.08. The summed E-state index contributed by atoms with van der Waals surface area (Å²) in [5.41, 5.74) is 2.82. The number of nitrogens with one attached hydrogen (secondary N) is 1. The molecule has 1 atom stereocenters. The maximum absolute atomic E-state index is 11.2. The Morgan fingerprint density at radius 2 is 2.00 bits per heavy atom. The average molecular weight is 307 g/mol. The maximum Gasteiger partial charge on any atom is 0.218 e.